The number of hydrogen-bond acceptors (Lipinski definition) is 3. The molecule has 0 saturated carbocycles. The summed E-state index contributed by atoms with van der Waals surface area (Å²) in [7, 11) is 1.52. The highest BCUT2D eigenvalue weighted by atomic mass is 32.1. The number of hydrogen-bond donors (Lipinski definition) is 0. The molecule has 3 nitrogen and oxygen atoms in total. The summed E-state index contributed by atoms with van der Waals surface area (Å²) in [5, 5.41) is 0. The summed E-state index contributed by atoms with van der Waals surface area (Å²) in [6.07, 6.45) is 3.06. The van der Waals surface area contributed by atoms with E-state index in [4.69, 9.17) is 9.25 Å². The largest absolute Gasteiger partial charge is 0.436 e. The molecule has 1 aromatic rings. The zero-order valence-electron chi connectivity index (χ0n) is 4.33. The predicted octanol–water partition coefficient (Wildman–Crippen LogP) is 0.869. The Morgan fingerprint density at radius 2 is 2.62 bits per heavy atom. The second-order valence-electron chi connectivity index (χ2n) is 1.18. The van der Waals surface area contributed by atoms with Crippen molar-refractivity contribution in [2.24, 2.45) is 0 Å². The van der Waals surface area contributed by atoms with E-state index >= 15 is 0 Å². The van der Waals surface area contributed by atoms with Crippen LogP contribution in [0.25, 0.3) is 0 Å². The fraction of sp³-hybridized carbons (Fsp3) is 0.250. The highest BCUT2D eigenvalue weighted by Gasteiger charge is 1.86. The zero-order chi connectivity index (χ0) is 5.98. The van der Waals surface area contributed by atoms with Crippen molar-refractivity contribution >= 4 is 12.2 Å². The number of aromatic nitrogens is 1. The smallest absolute Gasteiger partial charge is 0.302 e. The van der Waals surface area contributed by atoms with Gasteiger partial charge >= 0.3 is 4.84 Å². The number of rotatable bonds is 1. The maximum atomic E-state index is 4.71. The van der Waals surface area contributed by atoms with E-state index in [0.717, 1.165) is 0 Å². The van der Waals surface area contributed by atoms with Crippen molar-refractivity contribution in [2.75, 3.05) is 7.11 Å². The molecule has 0 aliphatic heterocycles. The molecule has 0 spiro atoms. The van der Waals surface area contributed by atoms with Crippen molar-refractivity contribution in [3.8, 4) is 0 Å². The molecule has 0 radical (unpaired) electrons. The Kier molecular flexibility index (Phi) is 1.34. The van der Waals surface area contributed by atoms with Gasteiger partial charge in [-0.1, -0.05) is 0 Å². The second-order valence-corrected chi connectivity index (χ2v) is 1.53. The van der Waals surface area contributed by atoms with Crippen LogP contribution in [-0.2, 0) is 0 Å². The van der Waals surface area contributed by atoms with E-state index < -0.39 is 0 Å². The second kappa shape index (κ2) is 2.00. The molecular formula is C4H5NO2S. The average molecular weight is 131 g/mol. The first-order chi connectivity index (χ1) is 3.84. The minimum Gasteiger partial charge on any atom is -0.436 e. The zero-order valence-corrected chi connectivity index (χ0v) is 5.14. The van der Waals surface area contributed by atoms with Crippen molar-refractivity contribution in [3.05, 3.63) is 17.3 Å². The molecular weight excluding hydrogens is 126 g/mol. The number of nitrogens with zero attached hydrogens (tertiary/aromatic N) is 1. The van der Waals surface area contributed by atoms with Gasteiger partial charge in [0.05, 0.1) is 6.20 Å². The lowest BCUT2D eigenvalue weighted by molar-refractivity contribution is 0.153. The Balaban J connectivity index is 3.11. The summed E-state index contributed by atoms with van der Waals surface area (Å²) in [5.41, 5.74) is 0. The maximum absolute atomic E-state index is 4.71. The third kappa shape index (κ3) is 0.742. The summed E-state index contributed by atoms with van der Waals surface area (Å²) in [6.45, 7) is 0. The summed E-state index contributed by atoms with van der Waals surface area (Å²) in [6, 6.07) is 0. The van der Waals surface area contributed by atoms with Crippen LogP contribution in [0, 0.1) is 4.84 Å². The quantitative estimate of drug-likeness (QED) is 0.529. The molecule has 4 heteroatoms. The summed E-state index contributed by atoms with van der Waals surface area (Å²) in [5.74, 6) is 0. The van der Waals surface area contributed by atoms with E-state index in [1.165, 1.54) is 18.1 Å². The van der Waals surface area contributed by atoms with E-state index in [9.17, 15) is 0 Å². The van der Waals surface area contributed by atoms with Gasteiger partial charge in [-0.3, -0.25) is 0 Å². The van der Waals surface area contributed by atoms with E-state index in [2.05, 4.69) is 12.2 Å². The van der Waals surface area contributed by atoms with Crippen LogP contribution in [0.15, 0.2) is 16.9 Å². The van der Waals surface area contributed by atoms with Gasteiger partial charge in [-0.05, 0) is 12.2 Å². The lowest BCUT2D eigenvalue weighted by atomic mass is 11.0. The Labute approximate surface area is 51.4 Å². The molecule has 0 saturated heterocycles. The van der Waals surface area contributed by atoms with Gasteiger partial charge in [0, 0.05) is 0 Å². The summed E-state index contributed by atoms with van der Waals surface area (Å²) >= 11 is 4.66. The standard InChI is InChI=1S/C4H5NO2S/c1-6-5-2-3-7-4(5)8/h2-3H,1H3. The molecule has 0 aromatic carbocycles. The Bertz CT molecular complexity index is 214. The van der Waals surface area contributed by atoms with Gasteiger partial charge in [-0.25, -0.2) is 0 Å². The average Bonchev–Trinajstić information content (AvgIpc) is 2.14. The highest BCUT2D eigenvalue weighted by Crippen LogP contribution is 1.89. The lowest BCUT2D eigenvalue weighted by Gasteiger charge is -1.92. The maximum Gasteiger partial charge on any atom is 0.302 e. The van der Waals surface area contributed by atoms with Crippen LogP contribution in [0.3, 0.4) is 0 Å². The predicted molar refractivity (Wildman–Crippen MR) is 30.0 cm³/mol. The molecule has 0 N–H and O–H groups in total. The molecule has 1 heterocycles. The van der Waals surface area contributed by atoms with Crippen molar-refractivity contribution in [2.45, 2.75) is 0 Å². The fourth-order valence-corrected chi connectivity index (χ4v) is 0.583. The molecule has 0 fully saturated rings. The van der Waals surface area contributed by atoms with Crippen LogP contribution in [0.2, 0.25) is 0 Å². The van der Waals surface area contributed by atoms with Crippen LogP contribution in [0.1, 0.15) is 0 Å². The highest BCUT2D eigenvalue weighted by molar-refractivity contribution is 7.71. The molecule has 44 valence electrons. The molecule has 1 aromatic heterocycles. The van der Waals surface area contributed by atoms with Crippen LogP contribution < -0.4 is 4.84 Å². The van der Waals surface area contributed by atoms with Crippen LogP contribution >= 0.6 is 12.2 Å². The lowest BCUT2D eigenvalue weighted by Crippen LogP contribution is -2.02. The Morgan fingerprint density at radius 3 is 2.88 bits per heavy atom. The van der Waals surface area contributed by atoms with E-state index in [0.29, 0.717) is 4.84 Å². The first-order valence-electron chi connectivity index (χ1n) is 2.05. The van der Waals surface area contributed by atoms with Crippen molar-refractivity contribution < 1.29 is 9.25 Å². The van der Waals surface area contributed by atoms with Crippen LogP contribution in [0.4, 0.5) is 0 Å². The first-order valence-corrected chi connectivity index (χ1v) is 2.46. The molecule has 8 heavy (non-hydrogen) atoms. The molecule has 0 aliphatic rings. The monoisotopic (exact) mass is 131 g/mol. The van der Waals surface area contributed by atoms with E-state index in [1.54, 1.807) is 6.20 Å². The molecule has 0 aliphatic carbocycles. The molecule has 0 unspecified atom stereocenters. The normalized spacial score (nSPS) is 9.12. The van der Waals surface area contributed by atoms with Crippen molar-refractivity contribution in [1.82, 2.24) is 4.73 Å². The minimum absolute atomic E-state index is 0.326. The Hall–Kier alpha value is -0.770. The van der Waals surface area contributed by atoms with Gasteiger partial charge < -0.3 is 9.25 Å². The van der Waals surface area contributed by atoms with E-state index in [-0.39, 0.29) is 0 Å². The van der Waals surface area contributed by atoms with E-state index in [1.807, 2.05) is 0 Å². The minimum atomic E-state index is 0.326. The van der Waals surface area contributed by atoms with Gasteiger partial charge in [0.2, 0.25) is 0 Å². The summed E-state index contributed by atoms with van der Waals surface area (Å²) < 4.78 is 6.06. The topological polar surface area (TPSA) is 27.3 Å². The van der Waals surface area contributed by atoms with Gasteiger partial charge in [0.1, 0.15) is 13.4 Å². The van der Waals surface area contributed by atoms with Gasteiger partial charge in [-0.15, -0.1) is 4.73 Å². The van der Waals surface area contributed by atoms with Crippen LogP contribution in [0.5, 0.6) is 0 Å². The summed E-state index contributed by atoms with van der Waals surface area (Å²) in [4.78, 5) is 5.03. The molecule has 0 bridgehead atoms. The van der Waals surface area contributed by atoms with Gasteiger partial charge in [-0.2, -0.15) is 0 Å². The molecule has 0 amide bonds. The van der Waals surface area contributed by atoms with Crippen molar-refractivity contribution in [1.29, 1.82) is 0 Å². The third-order valence-electron chi connectivity index (χ3n) is 0.742. The third-order valence-corrected chi connectivity index (χ3v) is 1.02. The first kappa shape index (κ1) is 5.37. The van der Waals surface area contributed by atoms with Gasteiger partial charge in [0.15, 0.2) is 0 Å². The fourth-order valence-electron chi connectivity index (χ4n) is 0.392. The number of oxazole rings is 1. The SMILES string of the molecule is COn1ccoc1=S. The van der Waals surface area contributed by atoms with Crippen molar-refractivity contribution in [3.63, 3.8) is 0 Å². The Morgan fingerprint density at radius 1 is 1.88 bits per heavy atom. The molecule has 0 atom stereocenters. The molecule has 1 rings (SSSR count). The van der Waals surface area contributed by atoms with Gasteiger partial charge in [0.25, 0.3) is 0 Å². The van der Waals surface area contributed by atoms with Crippen LogP contribution in [-0.4, -0.2) is 11.8 Å².